The first-order valence-corrected chi connectivity index (χ1v) is 6.16. The Balaban J connectivity index is 0.000000140. The maximum Gasteiger partial charge on any atom is -0.00218 e. The summed E-state index contributed by atoms with van der Waals surface area (Å²) in [6.45, 7) is 5.28. The summed E-state index contributed by atoms with van der Waals surface area (Å²) in [4.78, 5) is 4.78. The summed E-state index contributed by atoms with van der Waals surface area (Å²) in [6, 6.07) is 0. The maximum atomic E-state index is 2.39. The van der Waals surface area contributed by atoms with E-state index in [2.05, 4.69) is 23.9 Å². The van der Waals surface area contributed by atoms with Crippen LogP contribution in [0.2, 0.25) is 0 Å². The summed E-state index contributed by atoms with van der Waals surface area (Å²) in [5.74, 6) is 0. The van der Waals surface area contributed by atoms with E-state index in [-0.39, 0.29) is 0 Å². The van der Waals surface area contributed by atoms with Crippen LogP contribution >= 0.6 is 0 Å². The number of nitrogens with zero attached hydrogens (tertiary/aromatic N) is 2. The fourth-order valence-corrected chi connectivity index (χ4v) is 2.10. The highest BCUT2D eigenvalue weighted by Crippen LogP contribution is 2.05. The van der Waals surface area contributed by atoms with Gasteiger partial charge in [-0.2, -0.15) is 0 Å². The van der Waals surface area contributed by atoms with Crippen molar-refractivity contribution in [3.05, 3.63) is 0 Å². The fourth-order valence-electron chi connectivity index (χ4n) is 2.10. The molecule has 0 aliphatic carbocycles. The van der Waals surface area contributed by atoms with Crippen LogP contribution < -0.4 is 0 Å². The van der Waals surface area contributed by atoms with Gasteiger partial charge in [-0.1, -0.05) is 12.8 Å². The highest BCUT2D eigenvalue weighted by atomic mass is 15.1. The average molecular weight is 198 g/mol. The van der Waals surface area contributed by atoms with Crippen LogP contribution in [-0.2, 0) is 0 Å². The summed E-state index contributed by atoms with van der Waals surface area (Å²) in [5, 5.41) is 0. The maximum absolute atomic E-state index is 2.39. The Morgan fingerprint density at radius 3 is 0.929 bits per heavy atom. The lowest BCUT2D eigenvalue weighted by atomic mass is 10.1. The van der Waals surface area contributed by atoms with E-state index in [0.29, 0.717) is 0 Å². The molecule has 2 aliphatic rings. The van der Waals surface area contributed by atoms with Crippen molar-refractivity contribution in [3.63, 3.8) is 0 Å². The van der Waals surface area contributed by atoms with Crippen LogP contribution in [-0.4, -0.2) is 50.1 Å². The monoisotopic (exact) mass is 198 g/mol. The van der Waals surface area contributed by atoms with Crippen molar-refractivity contribution in [3.8, 4) is 0 Å². The lowest BCUT2D eigenvalue weighted by molar-refractivity contribution is 0.277. The smallest absolute Gasteiger partial charge is 0.00218 e. The second-order valence-corrected chi connectivity index (χ2v) is 4.73. The van der Waals surface area contributed by atoms with Crippen LogP contribution in [0.15, 0.2) is 0 Å². The van der Waals surface area contributed by atoms with Crippen molar-refractivity contribution in [1.29, 1.82) is 0 Å². The quantitative estimate of drug-likeness (QED) is 0.589. The largest absolute Gasteiger partial charge is 0.306 e. The van der Waals surface area contributed by atoms with Crippen LogP contribution in [0.3, 0.4) is 0 Å². The average Bonchev–Trinajstić information content (AvgIpc) is 2.21. The van der Waals surface area contributed by atoms with Crippen molar-refractivity contribution < 1.29 is 0 Å². The molecular formula is C12H26N2. The van der Waals surface area contributed by atoms with Crippen molar-refractivity contribution >= 4 is 0 Å². The lowest BCUT2D eigenvalue weighted by Crippen LogP contribution is -2.24. The third kappa shape index (κ3) is 5.61. The van der Waals surface area contributed by atoms with Gasteiger partial charge in [-0.15, -0.1) is 0 Å². The molecule has 0 aromatic heterocycles. The molecule has 2 aliphatic heterocycles. The molecule has 0 aromatic rings. The molecule has 2 heterocycles. The van der Waals surface area contributed by atoms with Crippen LogP contribution in [0.4, 0.5) is 0 Å². The van der Waals surface area contributed by atoms with Gasteiger partial charge in [-0.05, 0) is 66.0 Å². The Hall–Kier alpha value is -0.0800. The first kappa shape index (κ1) is 12.0. The van der Waals surface area contributed by atoms with Crippen molar-refractivity contribution in [2.45, 2.75) is 38.5 Å². The van der Waals surface area contributed by atoms with Crippen LogP contribution in [0, 0.1) is 0 Å². The SMILES string of the molecule is CN1CCCCC1.CN1CCCCC1. The summed E-state index contributed by atoms with van der Waals surface area (Å²) < 4.78 is 0. The minimum Gasteiger partial charge on any atom is -0.306 e. The predicted octanol–water partition coefficient (Wildman–Crippen LogP) is 2.20. The van der Waals surface area contributed by atoms with Gasteiger partial charge in [-0.25, -0.2) is 0 Å². The van der Waals surface area contributed by atoms with E-state index in [1.807, 2.05) is 0 Å². The molecule has 84 valence electrons. The molecule has 0 saturated carbocycles. The van der Waals surface area contributed by atoms with Crippen molar-refractivity contribution in [2.75, 3.05) is 40.3 Å². The highest BCUT2D eigenvalue weighted by molar-refractivity contribution is 4.58. The molecular weight excluding hydrogens is 172 g/mol. The van der Waals surface area contributed by atoms with Gasteiger partial charge in [0.1, 0.15) is 0 Å². The molecule has 0 atom stereocenters. The number of piperidine rings is 2. The lowest BCUT2D eigenvalue weighted by Gasteiger charge is -2.20. The van der Waals surface area contributed by atoms with Gasteiger partial charge in [-0.3, -0.25) is 0 Å². The molecule has 0 unspecified atom stereocenters. The van der Waals surface area contributed by atoms with E-state index in [0.717, 1.165) is 0 Å². The normalized spacial score (nSPS) is 25.3. The van der Waals surface area contributed by atoms with Crippen molar-refractivity contribution in [1.82, 2.24) is 9.80 Å². The summed E-state index contributed by atoms with van der Waals surface area (Å²) in [7, 11) is 4.39. The number of rotatable bonds is 0. The molecule has 0 radical (unpaired) electrons. The van der Waals surface area contributed by atoms with E-state index in [9.17, 15) is 0 Å². The molecule has 0 bridgehead atoms. The minimum atomic E-state index is 1.32. The molecule has 0 aromatic carbocycles. The Labute approximate surface area is 89.3 Å². The molecule has 0 spiro atoms. The van der Waals surface area contributed by atoms with Gasteiger partial charge in [0.2, 0.25) is 0 Å². The van der Waals surface area contributed by atoms with Crippen LogP contribution in [0.25, 0.3) is 0 Å². The van der Waals surface area contributed by atoms with Gasteiger partial charge < -0.3 is 9.80 Å². The standard InChI is InChI=1S/2C6H13N/c2*1-7-5-3-2-4-6-7/h2*2-6H2,1H3. The fraction of sp³-hybridized carbons (Fsp3) is 1.00. The third-order valence-corrected chi connectivity index (χ3v) is 3.16. The zero-order valence-corrected chi connectivity index (χ0v) is 9.97. The van der Waals surface area contributed by atoms with Crippen LogP contribution in [0.5, 0.6) is 0 Å². The molecule has 2 nitrogen and oxygen atoms in total. The summed E-state index contributed by atoms with van der Waals surface area (Å²) >= 11 is 0. The van der Waals surface area contributed by atoms with Gasteiger partial charge >= 0.3 is 0 Å². The zero-order valence-electron chi connectivity index (χ0n) is 9.97. The van der Waals surface area contributed by atoms with Crippen LogP contribution in [0.1, 0.15) is 38.5 Å². The summed E-state index contributed by atoms with van der Waals surface area (Å²) in [5.41, 5.74) is 0. The van der Waals surface area contributed by atoms with E-state index in [4.69, 9.17) is 0 Å². The second-order valence-electron chi connectivity index (χ2n) is 4.73. The van der Waals surface area contributed by atoms with Gasteiger partial charge in [0.05, 0.1) is 0 Å². The molecule has 0 amide bonds. The first-order valence-electron chi connectivity index (χ1n) is 6.16. The molecule has 2 saturated heterocycles. The molecule has 14 heavy (non-hydrogen) atoms. The molecule has 0 N–H and O–H groups in total. The zero-order chi connectivity index (χ0) is 10.2. The molecule has 2 rings (SSSR count). The number of hydrogen-bond acceptors (Lipinski definition) is 2. The van der Waals surface area contributed by atoms with E-state index >= 15 is 0 Å². The summed E-state index contributed by atoms with van der Waals surface area (Å²) in [6.07, 6.45) is 8.55. The Morgan fingerprint density at radius 1 is 0.500 bits per heavy atom. The molecule has 2 fully saturated rings. The van der Waals surface area contributed by atoms with Gasteiger partial charge in [0.25, 0.3) is 0 Å². The predicted molar refractivity (Wildman–Crippen MR) is 62.7 cm³/mol. The second kappa shape index (κ2) is 7.24. The third-order valence-electron chi connectivity index (χ3n) is 3.16. The Morgan fingerprint density at radius 2 is 0.786 bits per heavy atom. The van der Waals surface area contributed by atoms with E-state index in [1.54, 1.807) is 0 Å². The topological polar surface area (TPSA) is 6.48 Å². The van der Waals surface area contributed by atoms with E-state index in [1.165, 1.54) is 64.7 Å². The minimum absolute atomic E-state index is 1.32. The van der Waals surface area contributed by atoms with Gasteiger partial charge in [0, 0.05) is 0 Å². The Kier molecular flexibility index (Phi) is 6.20. The first-order chi connectivity index (χ1) is 6.79. The Bertz CT molecular complexity index is 108. The molecule has 2 heteroatoms. The van der Waals surface area contributed by atoms with E-state index < -0.39 is 0 Å². The van der Waals surface area contributed by atoms with Gasteiger partial charge in [0.15, 0.2) is 0 Å². The number of hydrogen-bond donors (Lipinski definition) is 0. The number of likely N-dealkylation sites (tertiary alicyclic amines) is 2. The van der Waals surface area contributed by atoms with Crippen molar-refractivity contribution in [2.24, 2.45) is 0 Å². The highest BCUT2D eigenvalue weighted by Gasteiger charge is 2.02.